The molecule has 0 spiro atoms. The highest BCUT2D eigenvalue weighted by Crippen LogP contribution is 2.48. The predicted molar refractivity (Wildman–Crippen MR) is 91.3 cm³/mol. The molecule has 2 aromatic rings. The molecule has 4 rings (SSSR count). The maximum atomic E-state index is 12.8. The van der Waals surface area contributed by atoms with Crippen molar-refractivity contribution in [3.8, 4) is 11.5 Å². The molecule has 0 radical (unpaired) electrons. The minimum absolute atomic E-state index is 0.0745. The van der Waals surface area contributed by atoms with Crippen molar-refractivity contribution in [1.82, 2.24) is 5.32 Å². The average Bonchev–Trinajstić information content (AvgIpc) is 3.44. The zero-order valence-corrected chi connectivity index (χ0v) is 13.7. The number of carbonyl (C=O) groups excluding carboxylic acids is 1. The fraction of sp³-hybridized carbons (Fsp3) is 0.350. The van der Waals surface area contributed by atoms with Crippen LogP contribution in [0, 0.1) is 0 Å². The number of benzene rings is 2. The van der Waals surface area contributed by atoms with Crippen LogP contribution in [0.25, 0.3) is 0 Å². The maximum Gasteiger partial charge on any atom is 0.231 e. The van der Waals surface area contributed by atoms with E-state index in [4.69, 9.17) is 9.47 Å². The molecule has 0 aromatic heterocycles. The molecule has 4 nitrogen and oxygen atoms in total. The topological polar surface area (TPSA) is 47.6 Å². The Morgan fingerprint density at radius 3 is 2.46 bits per heavy atom. The Balaban J connectivity index is 1.50. The van der Waals surface area contributed by atoms with Crippen molar-refractivity contribution in [3.63, 3.8) is 0 Å². The van der Waals surface area contributed by atoms with E-state index in [1.165, 1.54) is 0 Å². The van der Waals surface area contributed by atoms with Crippen LogP contribution in [0.5, 0.6) is 11.5 Å². The number of amides is 1. The summed E-state index contributed by atoms with van der Waals surface area (Å²) in [5, 5.41) is 3.17. The van der Waals surface area contributed by atoms with Gasteiger partial charge in [-0.05, 0) is 43.0 Å². The van der Waals surface area contributed by atoms with Gasteiger partial charge in [0.05, 0.1) is 11.5 Å². The van der Waals surface area contributed by atoms with Gasteiger partial charge in [0, 0.05) is 0 Å². The standard InChI is InChI=1S/C20H21NO3/c1-14(15-7-8-17-18(13-15)24-12-11-23-17)21-19(22)20(9-10-20)16-5-3-2-4-6-16/h2-8,13-14H,9-12H2,1H3,(H,21,22). The third-order valence-corrected chi connectivity index (χ3v) is 4.92. The summed E-state index contributed by atoms with van der Waals surface area (Å²) in [5.41, 5.74) is 1.79. The number of hydrogen-bond acceptors (Lipinski definition) is 3. The lowest BCUT2D eigenvalue weighted by Crippen LogP contribution is -2.36. The van der Waals surface area contributed by atoms with Crippen LogP contribution in [0.4, 0.5) is 0 Å². The van der Waals surface area contributed by atoms with E-state index in [1.807, 2.05) is 55.5 Å². The Hall–Kier alpha value is -2.49. The Morgan fingerprint density at radius 1 is 1.04 bits per heavy atom. The molecule has 24 heavy (non-hydrogen) atoms. The van der Waals surface area contributed by atoms with Crippen LogP contribution < -0.4 is 14.8 Å². The molecular weight excluding hydrogens is 302 g/mol. The zero-order chi connectivity index (χ0) is 16.6. The predicted octanol–water partition coefficient (Wildman–Crippen LogP) is 3.37. The van der Waals surface area contributed by atoms with Gasteiger partial charge in [0.25, 0.3) is 0 Å². The van der Waals surface area contributed by atoms with Crippen molar-refractivity contribution in [3.05, 3.63) is 59.7 Å². The molecule has 124 valence electrons. The second-order valence-electron chi connectivity index (χ2n) is 6.55. The summed E-state index contributed by atoms with van der Waals surface area (Å²) in [6, 6.07) is 15.8. The van der Waals surface area contributed by atoms with Gasteiger partial charge in [-0.3, -0.25) is 4.79 Å². The Kier molecular flexibility index (Phi) is 3.68. The highest BCUT2D eigenvalue weighted by molar-refractivity contribution is 5.91. The number of ether oxygens (including phenoxy) is 2. The maximum absolute atomic E-state index is 12.8. The lowest BCUT2D eigenvalue weighted by molar-refractivity contribution is -0.124. The molecule has 4 heteroatoms. The van der Waals surface area contributed by atoms with Gasteiger partial charge in [0.2, 0.25) is 5.91 Å². The van der Waals surface area contributed by atoms with Gasteiger partial charge in [-0.1, -0.05) is 36.4 Å². The smallest absolute Gasteiger partial charge is 0.231 e. The van der Waals surface area contributed by atoms with Gasteiger partial charge in [0.15, 0.2) is 11.5 Å². The fourth-order valence-corrected chi connectivity index (χ4v) is 3.28. The summed E-state index contributed by atoms with van der Waals surface area (Å²) in [6.45, 7) is 3.15. The molecule has 2 aliphatic rings. The Labute approximate surface area is 141 Å². The van der Waals surface area contributed by atoms with Gasteiger partial charge >= 0.3 is 0 Å². The minimum Gasteiger partial charge on any atom is -0.486 e. The van der Waals surface area contributed by atoms with Crippen LogP contribution in [0.1, 0.15) is 36.9 Å². The van der Waals surface area contributed by atoms with Gasteiger partial charge in [0.1, 0.15) is 13.2 Å². The highest BCUT2D eigenvalue weighted by atomic mass is 16.6. The number of carbonyl (C=O) groups is 1. The SMILES string of the molecule is CC(NC(=O)C1(c2ccccc2)CC1)c1ccc2c(c1)OCCO2. The first-order valence-corrected chi connectivity index (χ1v) is 8.45. The molecular formula is C20H21NO3. The number of hydrogen-bond donors (Lipinski definition) is 1. The molecule has 1 heterocycles. The molecule has 0 saturated heterocycles. The number of fused-ring (bicyclic) bond motifs is 1. The Morgan fingerprint density at radius 2 is 1.75 bits per heavy atom. The summed E-state index contributed by atoms with van der Waals surface area (Å²) in [5.74, 6) is 1.63. The van der Waals surface area contributed by atoms with E-state index in [0.29, 0.717) is 13.2 Å². The van der Waals surface area contributed by atoms with Crippen LogP contribution in [0.15, 0.2) is 48.5 Å². The van der Waals surface area contributed by atoms with E-state index in [2.05, 4.69) is 5.32 Å². The van der Waals surface area contributed by atoms with Gasteiger partial charge in [-0.15, -0.1) is 0 Å². The van der Waals surface area contributed by atoms with Crippen molar-refractivity contribution in [2.75, 3.05) is 13.2 Å². The molecule has 2 aromatic carbocycles. The summed E-state index contributed by atoms with van der Waals surface area (Å²) >= 11 is 0. The first-order chi connectivity index (χ1) is 11.7. The molecule has 1 amide bonds. The molecule has 1 aliphatic heterocycles. The quantitative estimate of drug-likeness (QED) is 0.938. The number of nitrogens with one attached hydrogen (secondary N) is 1. The minimum atomic E-state index is -0.344. The second-order valence-corrected chi connectivity index (χ2v) is 6.55. The average molecular weight is 323 g/mol. The molecule has 1 atom stereocenters. The zero-order valence-electron chi connectivity index (χ0n) is 13.7. The lowest BCUT2D eigenvalue weighted by Gasteiger charge is -2.23. The van der Waals surface area contributed by atoms with Crippen LogP contribution in [-0.2, 0) is 10.2 Å². The largest absolute Gasteiger partial charge is 0.486 e. The fourth-order valence-electron chi connectivity index (χ4n) is 3.28. The highest BCUT2D eigenvalue weighted by Gasteiger charge is 2.51. The van der Waals surface area contributed by atoms with Crippen LogP contribution >= 0.6 is 0 Å². The summed E-state index contributed by atoms with van der Waals surface area (Å²) < 4.78 is 11.2. The molecule has 1 aliphatic carbocycles. The lowest BCUT2D eigenvalue weighted by atomic mass is 9.94. The summed E-state index contributed by atoms with van der Waals surface area (Å²) in [4.78, 5) is 12.8. The van der Waals surface area contributed by atoms with Gasteiger partial charge < -0.3 is 14.8 Å². The molecule has 1 saturated carbocycles. The third kappa shape index (κ3) is 2.62. The van der Waals surface area contributed by atoms with E-state index >= 15 is 0 Å². The first-order valence-electron chi connectivity index (χ1n) is 8.45. The second kappa shape index (κ2) is 5.86. The monoisotopic (exact) mass is 323 g/mol. The normalized spacial score (nSPS) is 18.5. The van der Waals surface area contributed by atoms with Crippen molar-refractivity contribution in [2.24, 2.45) is 0 Å². The molecule has 1 fully saturated rings. The van der Waals surface area contributed by atoms with E-state index in [0.717, 1.165) is 35.5 Å². The van der Waals surface area contributed by atoms with Crippen molar-refractivity contribution in [1.29, 1.82) is 0 Å². The summed E-state index contributed by atoms with van der Waals surface area (Å²) in [7, 11) is 0. The van der Waals surface area contributed by atoms with Crippen molar-refractivity contribution < 1.29 is 14.3 Å². The third-order valence-electron chi connectivity index (χ3n) is 4.92. The Bertz CT molecular complexity index is 753. The molecule has 1 unspecified atom stereocenters. The van der Waals surface area contributed by atoms with Crippen LogP contribution in [0.3, 0.4) is 0 Å². The summed E-state index contributed by atoms with van der Waals surface area (Å²) in [6.07, 6.45) is 1.83. The molecule has 0 bridgehead atoms. The van der Waals surface area contributed by atoms with E-state index in [-0.39, 0.29) is 17.4 Å². The van der Waals surface area contributed by atoms with E-state index < -0.39 is 0 Å². The van der Waals surface area contributed by atoms with Gasteiger partial charge in [-0.25, -0.2) is 0 Å². The van der Waals surface area contributed by atoms with Crippen molar-refractivity contribution >= 4 is 5.91 Å². The van der Waals surface area contributed by atoms with E-state index in [1.54, 1.807) is 0 Å². The molecule has 1 N–H and O–H groups in total. The van der Waals surface area contributed by atoms with Crippen molar-refractivity contribution in [2.45, 2.75) is 31.2 Å². The van der Waals surface area contributed by atoms with Gasteiger partial charge in [-0.2, -0.15) is 0 Å². The van der Waals surface area contributed by atoms with E-state index in [9.17, 15) is 4.79 Å². The van der Waals surface area contributed by atoms with Crippen LogP contribution in [-0.4, -0.2) is 19.1 Å². The first kappa shape index (κ1) is 15.1. The van der Waals surface area contributed by atoms with Crippen LogP contribution in [0.2, 0.25) is 0 Å². The number of rotatable bonds is 4.